The molecule has 1 heterocycles. The van der Waals surface area contributed by atoms with Gasteiger partial charge in [-0.15, -0.1) is 0 Å². The first kappa shape index (κ1) is 12.0. The van der Waals surface area contributed by atoms with E-state index in [1.165, 1.54) is 6.07 Å². The van der Waals surface area contributed by atoms with E-state index in [2.05, 4.69) is 20.9 Å². The Kier molecular flexibility index (Phi) is 4.36. The molecule has 1 aromatic rings. The van der Waals surface area contributed by atoms with Crippen LogP contribution in [0.25, 0.3) is 0 Å². The number of carbonyl (C=O) groups excluding carboxylic acids is 1. The molecule has 0 aromatic carbocycles. The van der Waals surface area contributed by atoms with E-state index in [4.69, 9.17) is 0 Å². The van der Waals surface area contributed by atoms with Crippen molar-refractivity contribution in [1.82, 2.24) is 4.98 Å². The van der Waals surface area contributed by atoms with Crippen molar-refractivity contribution in [3.63, 3.8) is 0 Å². The van der Waals surface area contributed by atoms with Crippen LogP contribution in [-0.4, -0.2) is 11.3 Å². The van der Waals surface area contributed by atoms with Crippen LogP contribution in [0.5, 0.6) is 0 Å². The quantitative estimate of drug-likeness (QED) is 0.351. The van der Waals surface area contributed by atoms with Crippen LogP contribution in [0, 0.1) is 3.70 Å². The van der Waals surface area contributed by atoms with Gasteiger partial charge in [-0.25, -0.2) is 13.8 Å². The van der Waals surface area contributed by atoms with Crippen LogP contribution in [0.15, 0.2) is 6.07 Å². The van der Waals surface area contributed by atoms with Crippen LogP contribution in [0.4, 0.5) is 8.78 Å². The number of hydrogen-bond donors (Lipinski definition) is 0. The van der Waals surface area contributed by atoms with Crippen molar-refractivity contribution in [3.05, 3.63) is 26.6 Å². The lowest BCUT2D eigenvalue weighted by atomic mass is 10.1. The molecule has 14 heavy (non-hydrogen) atoms. The maximum Gasteiger partial charge on any atom is 0.264 e. The van der Waals surface area contributed by atoms with Gasteiger partial charge in [0.25, 0.3) is 6.43 Å². The lowest BCUT2D eigenvalue weighted by Gasteiger charge is -2.07. The van der Waals surface area contributed by atoms with E-state index in [0.29, 0.717) is 21.0 Å². The summed E-state index contributed by atoms with van der Waals surface area (Å²) in [6, 6.07) is 1.24. The minimum atomic E-state index is -2.65. The van der Waals surface area contributed by atoms with Gasteiger partial charge in [-0.3, -0.25) is 4.79 Å². The van der Waals surface area contributed by atoms with E-state index in [0.717, 1.165) is 0 Å². The van der Waals surface area contributed by atoms with Gasteiger partial charge in [0.2, 0.25) is 0 Å². The van der Waals surface area contributed by atoms with Crippen LogP contribution < -0.4 is 0 Å². The Balaban J connectivity index is 3.35. The zero-order valence-corrected chi connectivity index (χ0v) is 10.5. The number of rotatable bonds is 3. The monoisotopic (exact) mass is 375 g/mol. The third-order valence-electron chi connectivity index (χ3n) is 1.59. The van der Waals surface area contributed by atoms with Gasteiger partial charge >= 0.3 is 0 Å². The second kappa shape index (κ2) is 5.11. The highest BCUT2D eigenvalue weighted by molar-refractivity contribution is 14.1. The molecule has 0 unspecified atom stereocenters. The van der Waals surface area contributed by atoms with Gasteiger partial charge in [-0.2, -0.15) is 0 Å². The summed E-state index contributed by atoms with van der Waals surface area (Å²) >= 11 is 4.89. The lowest BCUT2D eigenvalue weighted by Crippen LogP contribution is -2.02. The second-order valence-electron chi connectivity index (χ2n) is 2.46. The van der Waals surface area contributed by atoms with Crippen molar-refractivity contribution < 1.29 is 13.6 Å². The zero-order chi connectivity index (χ0) is 10.7. The Hall–Kier alpha value is -0.110. The molecule has 0 bridgehead atoms. The Morgan fingerprint density at radius 1 is 1.64 bits per heavy atom. The molecular formula is C8H5BrF2INO. The molecule has 1 aromatic heterocycles. The summed E-state index contributed by atoms with van der Waals surface area (Å²) in [6.45, 7) is 0. The summed E-state index contributed by atoms with van der Waals surface area (Å²) in [5.41, 5.74) is 0.217. The number of carbonyl (C=O) groups is 1. The van der Waals surface area contributed by atoms with Gasteiger partial charge in [-0.05, 0) is 28.7 Å². The number of nitrogens with zero attached hydrogens (tertiary/aromatic N) is 1. The van der Waals surface area contributed by atoms with Crippen molar-refractivity contribution in [2.24, 2.45) is 0 Å². The molecule has 0 saturated carbocycles. The molecular weight excluding hydrogens is 371 g/mol. The Morgan fingerprint density at radius 3 is 2.71 bits per heavy atom. The number of hydrogen-bond acceptors (Lipinski definition) is 2. The predicted octanol–water partition coefficient (Wildman–Crippen LogP) is 3.33. The Bertz CT molecular complexity index is 359. The van der Waals surface area contributed by atoms with Gasteiger partial charge in [0, 0.05) is 10.9 Å². The molecule has 0 atom stereocenters. The molecule has 0 spiro atoms. The lowest BCUT2D eigenvalue weighted by molar-refractivity contribution is 0.110. The number of alkyl halides is 3. The molecule has 0 fully saturated rings. The summed E-state index contributed by atoms with van der Waals surface area (Å²) in [5.74, 6) is 0. The van der Waals surface area contributed by atoms with E-state index in [-0.39, 0.29) is 11.1 Å². The van der Waals surface area contributed by atoms with Gasteiger partial charge in [0.1, 0.15) is 3.70 Å². The van der Waals surface area contributed by atoms with Crippen molar-refractivity contribution in [2.45, 2.75) is 11.8 Å². The highest BCUT2D eigenvalue weighted by Gasteiger charge is 2.17. The van der Waals surface area contributed by atoms with Gasteiger partial charge in [0.05, 0.1) is 11.3 Å². The summed E-state index contributed by atoms with van der Waals surface area (Å²) in [4.78, 5) is 14.5. The predicted molar refractivity (Wildman–Crippen MR) is 59.9 cm³/mol. The molecule has 1 rings (SSSR count). The zero-order valence-electron chi connectivity index (χ0n) is 6.81. The number of aromatic nitrogens is 1. The normalized spacial score (nSPS) is 10.6. The minimum Gasteiger partial charge on any atom is -0.298 e. The molecule has 0 saturated heterocycles. The van der Waals surface area contributed by atoms with Crippen LogP contribution in [-0.2, 0) is 5.33 Å². The average Bonchev–Trinajstić information content (AvgIpc) is 2.16. The van der Waals surface area contributed by atoms with Crippen molar-refractivity contribution >= 4 is 44.8 Å². The van der Waals surface area contributed by atoms with Crippen LogP contribution >= 0.6 is 38.5 Å². The fourth-order valence-corrected chi connectivity index (χ4v) is 2.00. The molecule has 0 aliphatic carbocycles. The summed E-state index contributed by atoms with van der Waals surface area (Å²) in [6.07, 6.45) is -2.24. The first-order chi connectivity index (χ1) is 6.60. The van der Waals surface area contributed by atoms with E-state index in [9.17, 15) is 13.6 Å². The third kappa shape index (κ3) is 2.47. The van der Waals surface area contributed by atoms with Crippen molar-refractivity contribution in [3.8, 4) is 0 Å². The molecule has 0 N–H and O–H groups in total. The Morgan fingerprint density at radius 2 is 2.29 bits per heavy atom. The van der Waals surface area contributed by atoms with Gasteiger partial charge < -0.3 is 0 Å². The van der Waals surface area contributed by atoms with E-state index in [1.807, 2.05) is 0 Å². The van der Waals surface area contributed by atoms with Crippen LogP contribution in [0.2, 0.25) is 0 Å². The Labute approximate surface area is 101 Å². The molecule has 0 aliphatic heterocycles. The van der Waals surface area contributed by atoms with E-state index in [1.54, 1.807) is 22.6 Å². The number of aldehydes is 1. The SMILES string of the molecule is O=Cc1c(C(F)F)cc(CBr)nc1I. The van der Waals surface area contributed by atoms with Crippen LogP contribution in [0.3, 0.4) is 0 Å². The van der Waals surface area contributed by atoms with Gasteiger partial charge in [-0.1, -0.05) is 15.9 Å². The topological polar surface area (TPSA) is 30.0 Å². The summed E-state index contributed by atoms with van der Waals surface area (Å²) in [7, 11) is 0. The molecule has 0 aliphatic rings. The van der Waals surface area contributed by atoms with Gasteiger partial charge in [0.15, 0.2) is 6.29 Å². The highest BCUT2D eigenvalue weighted by atomic mass is 127. The van der Waals surface area contributed by atoms with E-state index < -0.39 is 6.43 Å². The summed E-state index contributed by atoms with van der Waals surface area (Å²) in [5, 5.41) is 0.391. The summed E-state index contributed by atoms with van der Waals surface area (Å²) < 4.78 is 25.3. The van der Waals surface area contributed by atoms with Crippen molar-refractivity contribution in [1.29, 1.82) is 0 Å². The molecule has 0 radical (unpaired) electrons. The maximum atomic E-state index is 12.5. The number of halogens is 4. The molecule has 2 nitrogen and oxygen atoms in total. The second-order valence-corrected chi connectivity index (χ2v) is 4.04. The third-order valence-corrected chi connectivity index (χ3v) is 2.98. The largest absolute Gasteiger partial charge is 0.298 e. The van der Waals surface area contributed by atoms with Crippen LogP contribution in [0.1, 0.15) is 28.0 Å². The maximum absolute atomic E-state index is 12.5. The fraction of sp³-hybridized carbons (Fsp3) is 0.250. The fourth-order valence-electron chi connectivity index (χ4n) is 0.961. The highest BCUT2D eigenvalue weighted by Crippen LogP contribution is 2.25. The average molecular weight is 376 g/mol. The van der Waals surface area contributed by atoms with Crippen molar-refractivity contribution in [2.75, 3.05) is 0 Å². The first-order valence-electron chi connectivity index (χ1n) is 3.58. The number of pyridine rings is 1. The minimum absolute atomic E-state index is 0.0229. The van der Waals surface area contributed by atoms with E-state index >= 15 is 0 Å². The first-order valence-corrected chi connectivity index (χ1v) is 5.78. The smallest absolute Gasteiger partial charge is 0.264 e. The molecule has 6 heteroatoms. The molecule has 0 amide bonds. The molecule has 76 valence electrons. The standard InChI is InChI=1S/C8H5BrF2INO/c9-2-4-1-5(7(10)11)6(3-14)8(12)13-4/h1,3,7H,2H2.